The average Bonchev–Trinajstić information content (AvgIpc) is 2.71. The van der Waals surface area contributed by atoms with Gasteiger partial charge in [0.15, 0.2) is 5.69 Å². The van der Waals surface area contributed by atoms with E-state index < -0.39 is 0 Å². The van der Waals surface area contributed by atoms with Crippen molar-refractivity contribution < 1.29 is 4.79 Å². The number of benzene rings is 1. The van der Waals surface area contributed by atoms with Crippen LogP contribution < -0.4 is 11.1 Å². The molecule has 2 rings (SSSR count). The third kappa shape index (κ3) is 2.30. The Kier molecular flexibility index (Phi) is 3.23. The molecule has 1 atom stereocenters. The first-order valence-electron chi connectivity index (χ1n) is 6.03. The highest BCUT2D eigenvalue weighted by Crippen LogP contribution is 2.19. The predicted molar refractivity (Wildman–Crippen MR) is 72.3 cm³/mol. The molecule has 5 heteroatoms. The minimum atomic E-state index is -0.173. The number of nitrogens with one attached hydrogen (secondary N) is 2. The Morgan fingerprint density at radius 2 is 2.11 bits per heavy atom. The number of rotatable bonds is 3. The zero-order valence-corrected chi connectivity index (χ0v) is 10.8. The second-order valence-corrected chi connectivity index (χ2v) is 4.88. The van der Waals surface area contributed by atoms with Crippen molar-refractivity contribution in [2.75, 3.05) is 5.73 Å². The van der Waals surface area contributed by atoms with Crippen LogP contribution in [0.5, 0.6) is 0 Å². The summed E-state index contributed by atoms with van der Waals surface area (Å²) >= 11 is 0. The first-order chi connectivity index (χ1) is 8.49. The normalized spacial score (nSPS) is 12.9. The second kappa shape index (κ2) is 4.68. The van der Waals surface area contributed by atoms with E-state index in [-0.39, 0.29) is 11.9 Å². The molecule has 0 radical (unpaired) electrons. The molecule has 0 aliphatic rings. The zero-order valence-electron chi connectivity index (χ0n) is 10.8. The monoisotopic (exact) mass is 246 g/mol. The molecule has 0 saturated carbocycles. The van der Waals surface area contributed by atoms with Crippen LogP contribution in [0.4, 0.5) is 5.69 Å². The number of nitrogens with two attached hydrogens (primary N) is 1. The van der Waals surface area contributed by atoms with Crippen LogP contribution in [0.1, 0.15) is 31.3 Å². The number of anilines is 1. The summed E-state index contributed by atoms with van der Waals surface area (Å²) < 4.78 is 0. The van der Waals surface area contributed by atoms with Gasteiger partial charge < -0.3 is 11.1 Å². The molecular formula is C13H18N4O. The van der Waals surface area contributed by atoms with Crippen molar-refractivity contribution in [1.82, 2.24) is 15.5 Å². The van der Waals surface area contributed by atoms with Gasteiger partial charge in [0, 0.05) is 17.1 Å². The number of nitrogens with zero attached hydrogens (tertiary/aromatic N) is 1. The highest BCUT2D eigenvalue weighted by molar-refractivity contribution is 6.05. The predicted octanol–water partition coefficient (Wildman–Crippen LogP) is 1.92. The fourth-order valence-electron chi connectivity index (χ4n) is 1.65. The van der Waals surface area contributed by atoms with Crippen LogP contribution in [-0.4, -0.2) is 22.1 Å². The van der Waals surface area contributed by atoms with E-state index in [1.807, 2.05) is 13.0 Å². The lowest BCUT2D eigenvalue weighted by molar-refractivity contribution is 0.0927. The van der Waals surface area contributed by atoms with Gasteiger partial charge in [-0.3, -0.25) is 9.89 Å². The number of fused-ring (bicyclic) bond motifs is 1. The van der Waals surface area contributed by atoms with Crippen molar-refractivity contribution in [3.63, 3.8) is 0 Å². The van der Waals surface area contributed by atoms with Crippen molar-refractivity contribution in [3.05, 3.63) is 23.9 Å². The fourth-order valence-corrected chi connectivity index (χ4v) is 1.65. The van der Waals surface area contributed by atoms with E-state index in [1.54, 1.807) is 12.1 Å². The maximum absolute atomic E-state index is 12.1. The Hall–Kier alpha value is -2.04. The lowest BCUT2D eigenvalue weighted by atomic mass is 10.1. The highest BCUT2D eigenvalue weighted by atomic mass is 16.2. The molecule has 0 aliphatic carbocycles. The summed E-state index contributed by atoms with van der Waals surface area (Å²) in [6.45, 7) is 6.10. The van der Waals surface area contributed by atoms with Crippen molar-refractivity contribution in [3.8, 4) is 0 Å². The van der Waals surface area contributed by atoms with Gasteiger partial charge in [0.1, 0.15) is 0 Å². The van der Waals surface area contributed by atoms with Crippen LogP contribution in [0, 0.1) is 5.92 Å². The molecule has 2 aromatic rings. The summed E-state index contributed by atoms with van der Waals surface area (Å²) in [5.74, 6) is 0.206. The SMILES string of the molecule is CC(C)C(C)NC(=O)c1n[nH]c2ccc(N)cc12. The Labute approximate surface area is 106 Å². The molecule has 1 unspecified atom stereocenters. The first kappa shape index (κ1) is 12.4. The van der Waals surface area contributed by atoms with Gasteiger partial charge in [0.25, 0.3) is 5.91 Å². The topological polar surface area (TPSA) is 83.8 Å². The van der Waals surface area contributed by atoms with Gasteiger partial charge >= 0.3 is 0 Å². The summed E-state index contributed by atoms with van der Waals surface area (Å²) in [6, 6.07) is 5.46. The zero-order chi connectivity index (χ0) is 13.3. The largest absolute Gasteiger partial charge is 0.399 e. The lowest BCUT2D eigenvalue weighted by Crippen LogP contribution is -2.36. The number of H-pyrrole nitrogens is 1. The quantitative estimate of drug-likeness (QED) is 0.723. The molecule has 0 saturated heterocycles. The third-order valence-corrected chi connectivity index (χ3v) is 3.16. The Morgan fingerprint density at radius 1 is 1.39 bits per heavy atom. The van der Waals surface area contributed by atoms with E-state index in [0.29, 0.717) is 17.3 Å². The van der Waals surface area contributed by atoms with Crippen molar-refractivity contribution >= 4 is 22.5 Å². The molecule has 4 N–H and O–H groups in total. The molecule has 0 fully saturated rings. The van der Waals surface area contributed by atoms with Gasteiger partial charge in [0.2, 0.25) is 0 Å². The van der Waals surface area contributed by atoms with Crippen LogP contribution in [0.3, 0.4) is 0 Å². The van der Waals surface area contributed by atoms with Crippen LogP contribution in [0.15, 0.2) is 18.2 Å². The van der Waals surface area contributed by atoms with E-state index in [1.165, 1.54) is 0 Å². The van der Waals surface area contributed by atoms with Gasteiger partial charge in [-0.05, 0) is 31.0 Å². The lowest BCUT2D eigenvalue weighted by Gasteiger charge is -2.16. The number of aromatic nitrogens is 2. The molecule has 0 bridgehead atoms. The fraction of sp³-hybridized carbons (Fsp3) is 0.385. The summed E-state index contributed by atoms with van der Waals surface area (Å²) in [5, 5.41) is 10.6. The van der Waals surface area contributed by atoms with E-state index in [0.717, 1.165) is 10.9 Å². The first-order valence-corrected chi connectivity index (χ1v) is 6.03. The van der Waals surface area contributed by atoms with Crippen LogP contribution in [0.25, 0.3) is 10.9 Å². The number of carbonyl (C=O) groups is 1. The number of aromatic amines is 1. The molecule has 18 heavy (non-hydrogen) atoms. The molecule has 0 spiro atoms. The summed E-state index contributed by atoms with van der Waals surface area (Å²) in [7, 11) is 0. The van der Waals surface area contributed by atoms with Gasteiger partial charge in [0.05, 0.1) is 5.52 Å². The van der Waals surface area contributed by atoms with Gasteiger partial charge in [-0.2, -0.15) is 5.10 Å². The van der Waals surface area contributed by atoms with E-state index >= 15 is 0 Å². The molecule has 1 heterocycles. The van der Waals surface area contributed by atoms with E-state index in [2.05, 4.69) is 29.4 Å². The van der Waals surface area contributed by atoms with Crippen LogP contribution >= 0.6 is 0 Å². The highest BCUT2D eigenvalue weighted by Gasteiger charge is 2.17. The maximum atomic E-state index is 12.1. The molecule has 5 nitrogen and oxygen atoms in total. The van der Waals surface area contributed by atoms with Crippen LogP contribution in [0.2, 0.25) is 0 Å². The van der Waals surface area contributed by atoms with E-state index in [9.17, 15) is 4.79 Å². The third-order valence-electron chi connectivity index (χ3n) is 3.16. The summed E-state index contributed by atoms with van der Waals surface area (Å²) in [5.41, 5.74) is 7.55. The average molecular weight is 246 g/mol. The van der Waals surface area contributed by atoms with Crippen molar-refractivity contribution in [1.29, 1.82) is 0 Å². The minimum Gasteiger partial charge on any atom is -0.399 e. The summed E-state index contributed by atoms with van der Waals surface area (Å²) in [6.07, 6.45) is 0. The Morgan fingerprint density at radius 3 is 2.78 bits per heavy atom. The molecule has 1 amide bonds. The standard InChI is InChI=1S/C13H18N4O/c1-7(2)8(3)15-13(18)12-10-6-9(14)4-5-11(10)16-17-12/h4-8H,14H2,1-3H3,(H,15,18)(H,16,17). The molecule has 1 aromatic heterocycles. The molecular weight excluding hydrogens is 228 g/mol. The molecule has 0 aliphatic heterocycles. The minimum absolute atomic E-state index is 0.102. The van der Waals surface area contributed by atoms with Gasteiger partial charge in [-0.15, -0.1) is 0 Å². The van der Waals surface area contributed by atoms with Gasteiger partial charge in [-0.1, -0.05) is 13.8 Å². The number of carbonyl (C=O) groups excluding carboxylic acids is 1. The second-order valence-electron chi connectivity index (χ2n) is 4.88. The number of hydrogen-bond acceptors (Lipinski definition) is 3. The molecule has 1 aromatic carbocycles. The molecule has 96 valence electrons. The van der Waals surface area contributed by atoms with Crippen LogP contribution in [-0.2, 0) is 0 Å². The smallest absolute Gasteiger partial charge is 0.272 e. The number of nitrogen functional groups attached to an aromatic ring is 1. The van der Waals surface area contributed by atoms with Crippen molar-refractivity contribution in [2.45, 2.75) is 26.8 Å². The number of amides is 1. The Balaban J connectivity index is 2.30. The summed E-state index contributed by atoms with van der Waals surface area (Å²) in [4.78, 5) is 12.1. The van der Waals surface area contributed by atoms with Gasteiger partial charge in [-0.25, -0.2) is 0 Å². The Bertz CT molecular complexity index is 573. The maximum Gasteiger partial charge on any atom is 0.272 e. The van der Waals surface area contributed by atoms with Crippen molar-refractivity contribution in [2.24, 2.45) is 5.92 Å². The van der Waals surface area contributed by atoms with E-state index in [4.69, 9.17) is 5.73 Å². The number of hydrogen-bond donors (Lipinski definition) is 3.